The topological polar surface area (TPSA) is 75.2 Å². The van der Waals surface area contributed by atoms with Crippen molar-refractivity contribution in [2.45, 2.75) is 57.4 Å². The maximum absolute atomic E-state index is 12.7. The summed E-state index contributed by atoms with van der Waals surface area (Å²) in [4.78, 5) is 34.6. The number of aldehydes is 1. The van der Waals surface area contributed by atoms with E-state index in [0.29, 0.717) is 31.3 Å². The van der Waals surface area contributed by atoms with Gasteiger partial charge in [0.15, 0.2) is 5.82 Å². The number of likely N-dealkylation sites (tertiary alicyclic amines) is 1. The first-order chi connectivity index (χ1) is 18.6. The van der Waals surface area contributed by atoms with E-state index in [2.05, 4.69) is 46.5 Å². The molecule has 0 radical (unpaired) electrons. The summed E-state index contributed by atoms with van der Waals surface area (Å²) in [6.07, 6.45) is 12.0. The Labute approximate surface area is 225 Å². The molecule has 1 atom stereocenters. The third-order valence-electron chi connectivity index (χ3n) is 8.50. The lowest BCUT2D eigenvalue weighted by molar-refractivity contribution is -0.141. The molecule has 0 bridgehead atoms. The van der Waals surface area contributed by atoms with Crippen molar-refractivity contribution in [3.8, 4) is 22.5 Å². The molecule has 1 saturated carbocycles. The number of hydrogen-bond acceptors (Lipinski definition) is 5. The van der Waals surface area contributed by atoms with E-state index in [4.69, 9.17) is 0 Å². The molecule has 6 nitrogen and oxygen atoms in total. The lowest BCUT2D eigenvalue weighted by Crippen LogP contribution is -2.56. The molecule has 0 spiro atoms. The van der Waals surface area contributed by atoms with Crippen LogP contribution in [0.1, 0.15) is 56.1 Å². The molecule has 1 aromatic heterocycles. The fourth-order valence-electron chi connectivity index (χ4n) is 5.82. The number of amides is 1. The quantitative estimate of drug-likeness (QED) is 0.396. The molecular formula is C32H38N4O2. The Kier molecular flexibility index (Phi) is 8.28. The minimum atomic E-state index is -0.304. The number of aromatic nitrogens is 2. The average molecular weight is 511 g/mol. The summed E-state index contributed by atoms with van der Waals surface area (Å²) in [5.74, 6) is 2.33. The van der Waals surface area contributed by atoms with E-state index in [-0.39, 0.29) is 17.9 Å². The third kappa shape index (κ3) is 5.86. The minimum absolute atomic E-state index is 0.0168. The summed E-state index contributed by atoms with van der Waals surface area (Å²) in [5.41, 5.74) is 5.63. The molecule has 1 aliphatic carbocycles. The Balaban J connectivity index is 1.18. The van der Waals surface area contributed by atoms with E-state index in [1.807, 2.05) is 36.7 Å². The second-order valence-electron chi connectivity index (χ2n) is 10.9. The highest BCUT2D eigenvalue weighted by Gasteiger charge is 2.33. The number of likely N-dealkylation sites (N-methyl/N-ethyl adjacent to an activating group) is 1. The van der Waals surface area contributed by atoms with Gasteiger partial charge in [0.1, 0.15) is 6.29 Å². The summed E-state index contributed by atoms with van der Waals surface area (Å²) in [6, 6.07) is 16.7. The summed E-state index contributed by atoms with van der Waals surface area (Å²) < 4.78 is 0. The molecule has 38 heavy (non-hydrogen) atoms. The van der Waals surface area contributed by atoms with E-state index < -0.39 is 0 Å². The normalized spacial score (nSPS) is 20.5. The standard InChI is InChI=1S/C32H38N4O2/c1-3-22-4-8-25(9-5-22)26-12-14-27(15-13-26)29-17-34-31(35-18-29)28-10-6-23(7-11-28)16-30(33-2)32(38)36-19-24(20-36)21-37/h6-7,10-15,17-18,21-22,24-25,30,33H,3-5,8-9,16,19-20H2,1-2H3. The second kappa shape index (κ2) is 12.0. The molecule has 1 saturated heterocycles. The average Bonchev–Trinajstić information content (AvgIpc) is 2.96. The van der Waals surface area contributed by atoms with Gasteiger partial charge in [-0.05, 0) is 67.7 Å². The SMILES string of the molecule is CCC1CCC(c2ccc(-c3cnc(-c4ccc(CC(NC)C(=O)N5CC(C=O)C5)cc4)nc3)cc2)CC1. The molecule has 2 fully saturated rings. The molecule has 198 valence electrons. The monoisotopic (exact) mass is 510 g/mol. The maximum atomic E-state index is 12.7. The van der Waals surface area contributed by atoms with E-state index in [1.54, 1.807) is 11.9 Å². The Morgan fingerprint density at radius 1 is 0.947 bits per heavy atom. The number of hydrogen-bond donors (Lipinski definition) is 1. The van der Waals surface area contributed by atoms with Crippen LogP contribution >= 0.6 is 0 Å². The van der Waals surface area contributed by atoms with Crippen LogP contribution in [0.25, 0.3) is 22.5 Å². The van der Waals surface area contributed by atoms with Crippen LogP contribution < -0.4 is 5.32 Å². The van der Waals surface area contributed by atoms with E-state index in [0.717, 1.165) is 34.5 Å². The first-order valence-electron chi connectivity index (χ1n) is 14.0. The molecule has 2 heterocycles. The van der Waals surface area contributed by atoms with Crippen molar-refractivity contribution in [2.75, 3.05) is 20.1 Å². The Bertz CT molecular complexity index is 1210. The molecule has 3 aromatic rings. The molecule has 1 N–H and O–H groups in total. The van der Waals surface area contributed by atoms with Gasteiger partial charge in [0.2, 0.25) is 5.91 Å². The van der Waals surface area contributed by atoms with Crippen molar-refractivity contribution < 1.29 is 9.59 Å². The fraction of sp³-hybridized carbons (Fsp3) is 0.438. The predicted octanol–water partition coefficient (Wildman–Crippen LogP) is 5.28. The summed E-state index contributed by atoms with van der Waals surface area (Å²) in [6.45, 7) is 3.36. The number of rotatable bonds is 9. The minimum Gasteiger partial charge on any atom is -0.340 e. The maximum Gasteiger partial charge on any atom is 0.240 e. The van der Waals surface area contributed by atoms with Gasteiger partial charge in [-0.2, -0.15) is 0 Å². The predicted molar refractivity (Wildman–Crippen MR) is 151 cm³/mol. The largest absolute Gasteiger partial charge is 0.340 e. The van der Waals surface area contributed by atoms with Gasteiger partial charge in [-0.25, -0.2) is 9.97 Å². The van der Waals surface area contributed by atoms with Gasteiger partial charge in [0, 0.05) is 42.5 Å². The smallest absolute Gasteiger partial charge is 0.240 e. The van der Waals surface area contributed by atoms with Crippen LogP contribution in [0.5, 0.6) is 0 Å². The number of nitrogens with one attached hydrogen (secondary N) is 1. The molecule has 1 aliphatic heterocycles. The highest BCUT2D eigenvalue weighted by molar-refractivity contribution is 5.84. The van der Waals surface area contributed by atoms with Gasteiger partial charge >= 0.3 is 0 Å². The van der Waals surface area contributed by atoms with E-state index in [9.17, 15) is 9.59 Å². The van der Waals surface area contributed by atoms with E-state index in [1.165, 1.54) is 37.7 Å². The molecule has 1 amide bonds. The lowest BCUT2D eigenvalue weighted by Gasteiger charge is -2.38. The number of benzene rings is 2. The zero-order chi connectivity index (χ0) is 26.5. The summed E-state index contributed by atoms with van der Waals surface area (Å²) >= 11 is 0. The van der Waals surface area contributed by atoms with Crippen molar-refractivity contribution in [1.29, 1.82) is 0 Å². The fourth-order valence-corrected chi connectivity index (χ4v) is 5.82. The highest BCUT2D eigenvalue weighted by atomic mass is 16.2. The Morgan fingerprint density at radius 3 is 2.16 bits per heavy atom. The van der Waals surface area contributed by atoms with Crippen LogP contribution in [0.2, 0.25) is 0 Å². The van der Waals surface area contributed by atoms with Crippen molar-refractivity contribution >= 4 is 12.2 Å². The van der Waals surface area contributed by atoms with Crippen LogP contribution in [0, 0.1) is 11.8 Å². The zero-order valence-electron chi connectivity index (χ0n) is 22.5. The van der Waals surface area contributed by atoms with Crippen molar-refractivity contribution in [2.24, 2.45) is 11.8 Å². The van der Waals surface area contributed by atoms with Crippen molar-refractivity contribution in [3.05, 3.63) is 72.1 Å². The zero-order valence-corrected chi connectivity index (χ0v) is 22.5. The van der Waals surface area contributed by atoms with Crippen LogP contribution in [0.3, 0.4) is 0 Å². The van der Waals surface area contributed by atoms with Crippen LogP contribution in [-0.2, 0) is 16.0 Å². The number of nitrogens with zero attached hydrogens (tertiary/aromatic N) is 3. The second-order valence-corrected chi connectivity index (χ2v) is 10.9. The van der Waals surface area contributed by atoms with Crippen molar-refractivity contribution in [3.63, 3.8) is 0 Å². The lowest BCUT2D eigenvalue weighted by atomic mass is 9.78. The molecular weight excluding hydrogens is 472 g/mol. The van der Waals surface area contributed by atoms with Gasteiger partial charge in [-0.15, -0.1) is 0 Å². The van der Waals surface area contributed by atoms with Gasteiger partial charge in [-0.3, -0.25) is 4.79 Å². The first-order valence-corrected chi connectivity index (χ1v) is 14.0. The molecule has 2 aliphatic rings. The Morgan fingerprint density at radius 2 is 1.58 bits per heavy atom. The van der Waals surface area contributed by atoms with Crippen molar-refractivity contribution in [1.82, 2.24) is 20.2 Å². The van der Waals surface area contributed by atoms with Gasteiger partial charge in [0.05, 0.1) is 6.04 Å². The van der Waals surface area contributed by atoms with E-state index >= 15 is 0 Å². The summed E-state index contributed by atoms with van der Waals surface area (Å²) in [7, 11) is 1.80. The summed E-state index contributed by atoms with van der Waals surface area (Å²) in [5, 5.41) is 3.12. The number of carbonyl (C=O) groups excluding carboxylic acids is 2. The first kappa shape index (κ1) is 26.2. The number of carbonyl (C=O) groups is 2. The Hall–Kier alpha value is -3.38. The highest BCUT2D eigenvalue weighted by Crippen LogP contribution is 2.37. The van der Waals surface area contributed by atoms with Crippen LogP contribution in [0.4, 0.5) is 0 Å². The molecule has 6 heteroatoms. The van der Waals surface area contributed by atoms with Crippen LogP contribution in [0.15, 0.2) is 60.9 Å². The molecule has 1 unspecified atom stereocenters. The molecule has 5 rings (SSSR count). The molecule has 2 aromatic carbocycles. The van der Waals surface area contributed by atoms with Gasteiger partial charge < -0.3 is 15.0 Å². The van der Waals surface area contributed by atoms with Crippen LogP contribution in [-0.4, -0.2) is 53.2 Å². The van der Waals surface area contributed by atoms with Gasteiger partial charge in [-0.1, -0.05) is 61.9 Å². The third-order valence-corrected chi connectivity index (χ3v) is 8.50. The van der Waals surface area contributed by atoms with Gasteiger partial charge in [0.25, 0.3) is 0 Å².